The molecule has 2 N–H and O–H groups in total. The summed E-state index contributed by atoms with van der Waals surface area (Å²) >= 11 is 1.58. The van der Waals surface area contributed by atoms with Crippen LogP contribution in [0.4, 0.5) is 0 Å². The van der Waals surface area contributed by atoms with E-state index in [2.05, 4.69) is 31.1 Å². The van der Waals surface area contributed by atoms with Crippen LogP contribution in [-0.2, 0) is 21.4 Å². The Morgan fingerprint density at radius 2 is 2.05 bits per heavy atom. The summed E-state index contributed by atoms with van der Waals surface area (Å²) in [5, 5.41) is 2.99. The van der Waals surface area contributed by atoms with Crippen molar-refractivity contribution in [2.75, 3.05) is 13.2 Å². The average molecular weight is 284 g/mol. The molecule has 1 aromatic rings. The van der Waals surface area contributed by atoms with Gasteiger partial charge >= 0.3 is 5.97 Å². The molecule has 5 heteroatoms. The second-order valence-electron chi connectivity index (χ2n) is 6.04. The fourth-order valence-electron chi connectivity index (χ4n) is 1.60. The number of carbonyl (C=O) groups excluding carboxylic acids is 1. The van der Waals surface area contributed by atoms with Gasteiger partial charge in [-0.1, -0.05) is 20.8 Å². The number of rotatable bonds is 5. The normalized spacial score (nSPS) is 15.1. The molecule has 4 nitrogen and oxygen atoms in total. The van der Waals surface area contributed by atoms with E-state index in [0.717, 1.165) is 10.7 Å². The van der Waals surface area contributed by atoms with Crippen molar-refractivity contribution >= 4 is 17.3 Å². The SMILES string of the molecule is CCOC(=O)C(C)(CN)Cc1nc(C(C)(C)C)cs1. The summed E-state index contributed by atoms with van der Waals surface area (Å²) in [6.07, 6.45) is 0.531. The van der Waals surface area contributed by atoms with Gasteiger partial charge in [0.1, 0.15) is 0 Å². The highest BCUT2D eigenvalue weighted by Crippen LogP contribution is 2.29. The molecule has 108 valence electrons. The molecule has 0 fully saturated rings. The minimum Gasteiger partial charge on any atom is -0.466 e. The average Bonchev–Trinajstić information content (AvgIpc) is 2.77. The highest BCUT2D eigenvalue weighted by atomic mass is 32.1. The van der Waals surface area contributed by atoms with Crippen LogP contribution in [0.5, 0.6) is 0 Å². The van der Waals surface area contributed by atoms with Crippen LogP contribution in [0, 0.1) is 5.41 Å². The molecule has 1 aromatic heterocycles. The molecule has 0 aliphatic rings. The molecule has 0 spiro atoms. The highest BCUT2D eigenvalue weighted by molar-refractivity contribution is 7.09. The zero-order valence-electron chi connectivity index (χ0n) is 12.4. The van der Waals surface area contributed by atoms with E-state index in [1.807, 2.05) is 6.92 Å². The zero-order chi connectivity index (χ0) is 14.7. The second-order valence-corrected chi connectivity index (χ2v) is 6.98. The third-order valence-electron chi connectivity index (χ3n) is 3.08. The van der Waals surface area contributed by atoms with Crippen molar-refractivity contribution in [1.29, 1.82) is 0 Å². The highest BCUT2D eigenvalue weighted by Gasteiger charge is 2.35. The Bertz CT molecular complexity index is 437. The molecular formula is C14H24N2O2S. The van der Waals surface area contributed by atoms with E-state index >= 15 is 0 Å². The van der Waals surface area contributed by atoms with Gasteiger partial charge in [0.2, 0.25) is 0 Å². The van der Waals surface area contributed by atoms with Gasteiger partial charge in [-0.25, -0.2) is 4.98 Å². The molecule has 0 saturated heterocycles. The van der Waals surface area contributed by atoms with Crippen molar-refractivity contribution in [2.45, 2.75) is 46.5 Å². The maximum absolute atomic E-state index is 12.0. The quantitative estimate of drug-likeness (QED) is 0.844. The van der Waals surface area contributed by atoms with E-state index in [1.165, 1.54) is 0 Å². The van der Waals surface area contributed by atoms with Gasteiger partial charge in [0.15, 0.2) is 0 Å². The van der Waals surface area contributed by atoms with Crippen LogP contribution in [0.15, 0.2) is 5.38 Å². The van der Waals surface area contributed by atoms with Gasteiger partial charge < -0.3 is 10.5 Å². The lowest BCUT2D eigenvalue weighted by Gasteiger charge is -2.24. The Labute approximate surface area is 119 Å². The van der Waals surface area contributed by atoms with Crippen LogP contribution in [0.2, 0.25) is 0 Å². The molecule has 0 aromatic carbocycles. The first-order valence-corrected chi connectivity index (χ1v) is 7.43. The molecule has 0 radical (unpaired) electrons. The summed E-state index contributed by atoms with van der Waals surface area (Å²) in [6.45, 7) is 10.6. The predicted molar refractivity (Wildman–Crippen MR) is 78.3 cm³/mol. The lowest BCUT2D eigenvalue weighted by atomic mass is 9.87. The number of esters is 1. The first-order chi connectivity index (χ1) is 8.73. The van der Waals surface area contributed by atoms with Gasteiger partial charge in [0.25, 0.3) is 0 Å². The van der Waals surface area contributed by atoms with Crippen LogP contribution in [-0.4, -0.2) is 24.1 Å². The number of thiazole rings is 1. The van der Waals surface area contributed by atoms with Gasteiger partial charge in [-0.05, 0) is 13.8 Å². The molecular weight excluding hydrogens is 260 g/mol. The number of carbonyl (C=O) groups is 1. The lowest BCUT2D eigenvalue weighted by Crippen LogP contribution is -2.39. The van der Waals surface area contributed by atoms with Gasteiger partial charge in [0.05, 0.1) is 22.7 Å². The molecule has 0 amide bonds. The van der Waals surface area contributed by atoms with Crippen molar-refractivity contribution in [3.05, 3.63) is 16.1 Å². The Hall–Kier alpha value is -0.940. The van der Waals surface area contributed by atoms with E-state index in [0.29, 0.717) is 13.0 Å². The minimum atomic E-state index is -0.691. The first-order valence-electron chi connectivity index (χ1n) is 6.55. The molecule has 19 heavy (non-hydrogen) atoms. The third-order valence-corrected chi connectivity index (χ3v) is 3.93. The van der Waals surface area contributed by atoms with Crippen molar-refractivity contribution in [3.8, 4) is 0 Å². The van der Waals surface area contributed by atoms with Crippen LogP contribution in [0.3, 0.4) is 0 Å². The van der Waals surface area contributed by atoms with Gasteiger partial charge in [-0.15, -0.1) is 11.3 Å². The maximum atomic E-state index is 12.0. The van der Waals surface area contributed by atoms with Crippen LogP contribution >= 0.6 is 11.3 Å². The van der Waals surface area contributed by atoms with Gasteiger partial charge in [0, 0.05) is 23.8 Å². The van der Waals surface area contributed by atoms with E-state index in [4.69, 9.17) is 10.5 Å². The van der Waals surface area contributed by atoms with Gasteiger partial charge in [-0.3, -0.25) is 4.79 Å². The number of nitrogens with two attached hydrogens (primary N) is 1. The summed E-state index contributed by atoms with van der Waals surface area (Å²) in [5.41, 5.74) is 6.14. The Balaban J connectivity index is 2.87. The molecule has 0 bridgehead atoms. The van der Waals surface area contributed by atoms with Crippen molar-refractivity contribution in [2.24, 2.45) is 11.1 Å². The number of ether oxygens (including phenoxy) is 1. The Morgan fingerprint density at radius 3 is 2.47 bits per heavy atom. The standard InChI is InChI=1S/C14H24N2O2S/c1-6-18-12(17)14(5,9-15)7-11-16-10(8-19-11)13(2,3)4/h8H,6-7,9,15H2,1-5H3. The molecule has 0 saturated carbocycles. The van der Waals surface area contributed by atoms with E-state index in [-0.39, 0.29) is 17.9 Å². The lowest BCUT2D eigenvalue weighted by molar-refractivity contribution is -0.153. The number of aromatic nitrogens is 1. The largest absolute Gasteiger partial charge is 0.466 e. The molecule has 1 unspecified atom stereocenters. The monoisotopic (exact) mass is 284 g/mol. The smallest absolute Gasteiger partial charge is 0.313 e. The van der Waals surface area contributed by atoms with Crippen LogP contribution in [0.1, 0.15) is 45.3 Å². The number of hydrogen-bond acceptors (Lipinski definition) is 5. The molecule has 0 aliphatic heterocycles. The topological polar surface area (TPSA) is 65.2 Å². The maximum Gasteiger partial charge on any atom is 0.313 e. The molecule has 1 rings (SSSR count). The number of nitrogens with zero attached hydrogens (tertiary/aromatic N) is 1. The van der Waals surface area contributed by atoms with E-state index in [1.54, 1.807) is 18.3 Å². The van der Waals surface area contributed by atoms with Crippen molar-refractivity contribution < 1.29 is 9.53 Å². The molecule has 0 aliphatic carbocycles. The summed E-state index contributed by atoms with van der Waals surface area (Å²) in [6, 6.07) is 0. The summed E-state index contributed by atoms with van der Waals surface area (Å²) < 4.78 is 5.10. The Kier molecular flexibility index (Phi) is 5.10. The number of hydrogen-bond donors (Lipinski definition) is 1. The minimum absolute atomic E-state index is 0.0256. The van der Waals surface area contributed by atoms with Crippen molar-refractivity contribution in [3.63, 3.8) is 0 Å². The second kappa shape index (κ2) is 6.01. The van der Waals surface area contributed by atoms with Gasteiger partial charge in [-0.2, -0.15) is 0 Å². The van der Waals surface area contributed by atoms with E-state index in [9.17, 15) is 4.79 Å². The summed E-state index contributed by atoms with van der Waals surface area (Å²) in [7, 11) is 0. The Morgan fingerprint density at radius 1 is 1.42 bits per heavy atom. The fourth-order valence-corrected chi connectivity index (χ4v) is 2.81. The fraction of sp³-hybridized carbons (Fsp3) is 0.714. The van der Waals surface area contributed by atoms with Crippen LogP contribution in [0.25, 0.3) is 0 Å². The zero-order valence-corrected chi connectivity index (χ0v) is 13.3. The summed E-state index contributed by atoms with van der Waals surface area (Å²) in [4.78, 5) is 16.6. The molecule has 1 heterocycles. The predicted octanol–water partition coefficient (Wildman–Crippen LogP) is 2.51. The first kappa shape index (κ1) is 16.1. The third kappa shape index (κ3) is 4.01. The molecule has 1 atom stereocenters. The van der Waals surface area contributed by atoms with E-state index < -0.39 is 5.41 Å². The van der Waals surface area contributed by atoms with Crippen LogP contribution < -0.4 is 5.73 Å². The van der Waals surface area contributed by atoms with Crippen molar-refractivity contribution in [1.82, 2.24) is 4.98 Å². The summed E-state index contributed by atoms with van der Waals surface area (Å²) in [5.74, 6) is -0.245.